The average Bonchev–Trinajstić information content (AvgIpc) is 2.78. The van der Waals surface area contributed by atoms with Crippen molar-refractivity contribution in [2.24, 2.45) is 0 Å². The Balaban J connectivity index is 1.87. The first-order valence-corrected chi connectivity index (χ1v) is 6.54. The molecule has 0 spiro atoms. The summed E-state index contributed by atoms with van der Waals surface area (Å²) in [6.45, 7) is 0.631. The molecule has 0 saturated carbocycles. The third kappa shape index (κ3) is 3.44. The Morgan fingerprint density at radius 1 is 1.21 bits per heavy atom. The van der Waals surface area contributed by atoms with E-state index in [-0.39, 0.29) is 5.91 Å². The molecule has 3 N–H and O–H groups in total. The molecular formula is C12H18N2O5. The summed E-state index contributed by atoms with van der Waals surface area (Å²) in [5.74, 6) is -1.63. The molecule has 3 unspecified atom stereocenters. The third-order valence-electron chi connectivity index (χ3n) is 3.44. The first-order chi connectivity index (χ1) is 9.08. The number of hydrogen-bond donors (Lipinski definition) is 3. The molecule has 7 heteroatoms. The van der Waals surface area contributed by atoms with E-state index in [0.717, 1.165) is 12.8 Å². The van der Waals surface area contributed by atoms with Gasteiger partial charge in [0.1, 0.15) is 12.1 Å². The van der Waals surface area contributed by atoms with Gasteiger partial charge in [-0.3, -0.25) is 9.59 Å². The molecule has 2 heterocycles. The number of aliphatic carboxylic acids is 1. The van der Waals surface area contributed by atoms with Crippen LogP contribution in [-0.2, 0) is 19.1 Å². The van der Waals surface area contributed by atoms with Crippen LogP contribution in [-0.4, -0.2) is 47.7 Å². The highest BCUT2D eigenvalue weighted by Gasteiger charge is 2.36. The molecule has 0 aliphatic carbocycles. The van der Waals surface area contributed by atoms with Gasteiger partial charge in [0.05, 0.1) is 0 Å². The summed E-state index contributed by atoms with van der Waals surface area (Å²) in [6.07, 6.45) is 1.39. The van der Waals surface area contributed by atoms with Crippen LogP contribution in [0.15, 0.2) is 0 Å². The number of carbonyl (C=O) groups excluding carboxylic acids is 2. The maximum Gasteiger partial charge on any atom is 0.332 e. The van der Waals surface area contributed by atoms with Crippen molar-refractivity contribution in [1.29, 1.82) is 0 Å². The molecule has 0 radical (unpaired) electrons. The van der Waals surface area contributed by atoms with E-state index in [1.807, 2.05) is 0 Å². The predicted octanol–water partition coefficient (Wildman–Crippen LogP) is -0.596. The van der Waals surface area contributed by atoms with Crippen LogP contribution in [0.4, 0.5) is 0 Å². The Hall–Kier alpha value is -1.63. The number of amides is 2. The zero-order valence-electron chi connectivity index (χ0n) is 10.6. The lowest BCUT2D eigenvalue weighted by molar-refractivity contribution is -0.152. The molecular weight excluding hydrogens is 252 g/mol. The van der Waals surface area contributed by atoms with Gasteiger partial charge in [-0.25, -0.2) is 4.79 Å². The van der Waals surface area contributed by atoms with Gasteiger partial charge in [0.25, 0.3) is 0 Å². The van der Waals surface area contributed by atoms with Crippen LogP contribution in [0, 0.1) is 0 Å². The lowest BCUT2D eigenvalue weighted by Crippen LogP contribution is -2.48. The van der Waals surface area contributed by atoms with E-state index >= 15 is 0 Å². The molecule has 7 nitrogen and oxygen atoms in total. The first kappa shape index (κ1) is 13.8. The number of hydrogen-bond acceptors (Lipinski definition) is 4. The van der Waals surface area contributed by atoms with E-state index < -0.39 is 30.1 Å². The molecule has 3 atom stereocenters. The fraction of sp³-hybridized carbons (Fsp3) is 0.750. The minimum absolute atomic E-state index is 0.182. The van der Waals surface area contributed by atoms with Crippen molar-refractivity contribution in [2.45, 2.75) is 50.4 Å². The van der Waals surface area contributed by atoms with Crippen LogP contribution in [0.1, 0.15) is 32.1 Å². The lowest BCUT2D eigenvalue weighted by Gasteiger charge is -2.18. The number of nitrogens with one attached hydrogen (secondary N) is 2. The van der Waals surface area contributed by atoms with E-state index in [4.69, 9.17) is 9.84 Å². The summed E-state index contributed by atoms with van der Waals surface area (Å²) in [6, 6.07) is -0.539. The molecule has 0 aromatic heterocycles. The molecule has 0 aromatic rings. The average molecular weight is 270 g/mol. The van der Waals surface area contributed by atoms with Gasteiger partial charge >= 0.3 is 5.97 Å². The Labute approximate surface area is 110 Å². The van der Waals surface area contributed by atoms with Gasteiger partial charge in [-0.2, -0.15) is 0 Å². The predicted molar refractivity (Wildman–Crippen MR) is 64.3 cm³/mol. The van der Waals surface area contributed by atoms with Crippen LogP contribution in [0.5, 0.6) is 0 Å². The van der Waals surface area contributed by atoms with E-state index in [1.54, 1.807) is 0 Å². The summed E-state index contributed by atoms with van der Waals surface area (Å²) in [5.41, 5.74) is 0. The summed E-state index contributed by atoms with van der Waals surface area (Å²) in [5, 5.41) is 14.2. The van der Waals surface area contributed by atoms with Crippen molar-refractivity contribution < 1.29 is 24.2 Å². The van der Waals surface area contributed by atoms with Crippen LogP contribution in [0.25, 0.3) is 0 Å². The molecule has 106 valence electrons. The Bertz CT molecular complexity index is 384. The normalized spacial score (nSPS) is 31.4. The molecule has 0 bridgehead atoms. The van der Waals surface area contributed by atoms with Crippen molar-refractivity contribution in [1.82, 2.24) is 10.6 Å². The molecule has 2 aliphatic heterocycles. The summed E-state index contributed by atoms with van der Waals surface area (Å²) >= 11 is 0. The van der Waals surface area contributed by atoms with Crippen molar-refractivity contribution in [3.05, 3.63) is 0 Å². The van der Waals surface area contributed by atoms with Gasteiger partial charge in [0.2, 0.25) is 11.8 Å². The van der Waals surface area contributed by atoms with Crippen molar-refractivity contribution in [2.75, 3.05) is 6.54 Å². The van der Waals surface area contributed by atoms with E-state index in [2.05, 4.69) is 10.6 Å². The summed E-state index contributed by atoms with van der Waals surface area (Å²) < 4.78 is 5.15. The number of ether oxygens (including phenoxy) is 1. The van der Waals surface area contributed by atoms with E-state index in [0.29, 0.717) is 25.8 Å². The largest absolute Gasteiger partial charge is 0.479 e. The fourth-order valence-corrected chi connectivity index (χ4v) is 2.35. The minimum atomic E-state index is -1.05. The summed E-state index contributed by atoms with van der Waals surface area (Å²) in [7, 11) is 0. The standard InChI is InChI=1S/C12H18N2O5/c15-10-7(3-1-2-6-13-10)14-11(16)8-4-5-9(19-8)12(17)18/h7-9H,1-6H2,(H,13,15)(H,14,16)(H,17,18). The molecule has 2 saturated heterocycles. The maximum atomic E-state index is 11.9. The SMILES string of the molecule is O=C1NCCCCC1NC(=O)C1CCC(C(=O)O)O1. The number of carboxylic acids is 1. The molecule has 2 aliphatic rings. The van der Waals surface area contributed by atoms with Gasteiger partial charge in [-0.05, 0) is 32.1 Å². The van der Waals surface area contributed by atoms with E-state index in [1.165, 1.54) is 0 Å². The van der Waals surface area contributed by atoms with Gasteiger partial charge in [0.15, 0.2) is 6.10 Å². The second-order valence-corrected chi connectivity index (χ2v) is 4.88. The highest BCUT2D eigenvalue weighted by Crippen LogP contribution is 2.20. The van der Waals surface area contributed by atoms with Crippen molar-refractivity contribution >= 4 is 17.8 Å². The molecule has 2 amide bonds. The Kier molecular flexibility index (Phi) is 4.36. The molecule has 2 rings (SSSR count). The molecule has 19 heavy (non-hydrogen) atoms. The quantitative estimate of drug-likeness (QED) is 0.635. The summed E-state index contributed by atoms with van der Waals surface area (Å²) in [4.78, 5) is 34.3. The smallest absolute Gasteiger partial charge is 0.332 e. The Morgan fingerprint density at radius 3 is 2.63 bits per heavy atom. The van der Waals surface area contributed by atoms with Crippen molar-refractivity contribution in [3.8, 4) is 0 Å². The van der Waals surface area contributed by atoms with Crippen molar-refractivity contribution in [3.63, 3.8) is 0 Å². The van der Waals surface area contributed by atoms with Gasteiger partial charge < -0.3 is 20.5 Å². The zero-order chi connectivity index (χ0) is 13.8. The number of carbonyl (C=O) groups is 3. The topological polar surface area (TPSA) is 105 Å². The van der Waals surface area contributed by atoms with Crippen LogP contribution < -0.4 is 10.6 Å². The minimum Gasteiger partial charge on any atom is -0.479 e. The maximum absolute atomic E-state index is 11.9. The highest BCUT2D eigenvalue weighted by molar-refractivity contribution is 5.90. The van der Waals surface area contributed by atoms with Gasteiger partial charge in [-0.1, -0.05) is 0 Å². The second-order valence-electron chi connectivity index (χ2n) is 4.88. The van der Waals surface area contributed by atoms with Crippen LogP contribution in [0.2, 0.25) is 0 Å². The molecule has 2 fully saturated rings. The monoisotopic (exact) mass is 270 g/mol. The Morgan fingerprint density at radius 2 is 1.95 bits per heavy atom. The van der Waals surface area contributed by atoms with Crippen LogP contribution >= 0.6 is 0 Å². The van der Waals surface area contributed by atoms with Gasteiger partial charge in [-0.15, -0.1) is 0 Å². The number of carboxylic acid groups (broad SMARTS) is 1. The fourth-order valence-electron chi connectivity index (χ4n) is 2.35. The third-order valence-corrected chi connectivity index (χ3v) is 3.44. The van der Waals surface area contributed by atoms with Gasteiger partial charge in [0, 0.05) is 6.54 Å². The molecule has 0 aromatic carbocycles. The highest BCUT2D eigenvalue weighted by atomic mass is 16.5. The second kappa shape index (κ2) is 6.01. The van der Waals surface area contributed by atoms with E-state index in [9.17, 15) is 14.4 Å². The zero-order valence-corrected chi connectivity index (χ0v) is 10.6. The first-order valence-electron chi connectivity index (χ1n) is 6.54. The van der Waals surface area contributed by atoms with Crippen LogP contribution in [0.3, 0.4) is 0 Å². The number of rotatable bonds is 3. The lowest BCUT2D eigenvalue weighted by atomic mass is 10.1.